The summed E-state index contributed by atoms with van der Waals surface area (Å²) in [6.45, 7) is 3.23. The summed E-state index contributed by atoms with van der Waals surface area (Å²) in [5.41, 5.74) is 1.65. The van der Waals surface area contributed by atoms with Gasteiger partial charge in [-0.25, -0.2) is 9.18 Å². The summed E-state index contributed by atoms with van der Waals surface area (Å²) in [5, 5.41) is 5.60. The van der Waals surface area contributed by atoms with Crippen LogP contribution in [0.3, 0.4) is 0 Å². The summed E-state index contributed by atoms with van der Waals surface area (Å²) in [6, 6.07) is 10.2. The first-order valence-electron chi connectivity index (χ1n) is 10.0. The molecular formula is C22H23FN4O3. The third-order valence-corrected chi connectivity index (χ3v) is 5.45. The van der Waals surface area contributed by atoms with Crippen LogP contribution >= 0.6 is 0 Å². The van der Waals surface area contributed by atoms with E-state index in [9.17, 15) is 18.8 Å². The number of nitrogens with one attached hydrogen (secondary N) is 2. The molecule has 30 heavy (non-hydrogen) atoms. The average molecular weight is 410 g/mol. The van der Waals surface area contributed by atoms with Crippen molar-refractivity contribution in [3.05, 3.63) is 53.8 Å². The summed E-state index contributed by atoms with van der Waals surface area (Å²) in [7, 11) is 0. The number of nitrogens with zero attached hydrogens (tertiary/aromatic N) is 2. The second-order valence-electron chi connectivity index (χ2n) is 7.42. The van der Waals surface area contributed by atoms with Gasteiger partial charge in [-0.15, -0.1) is 0 Å². The second-order valence-corrected chi connectivity index (χ2v) is 7.42. The minimum absolute atomic E-state index is 0.126. The highest BCUT2D eigenvalue weighted by atomic mass is 19.1. The smallest absolute Gasteiger partial charge is 0.317 e. The van der Waals surface area contributed by atoms with Crippen LogP contribution in [0.15, 0.2) is 42.5 Å². The van der Waals surface area contributed by atoms with Crippen LogP contribution in [0.2, 0.25) is 0 Å². The molecule has 2 aliphatic heterocycles. The lowest BCUT2D eigenvalue weighted by atomic mass is 10.0. The van der Waals surface area contributed by atoms with Gasteiger partial charge >= 0.3 is 6.03 Å². The number of carbonyl (C=O) groups is 3. The van der Waals surface area contributed by atoms with E-state index in [2.05, 4.69) is 10.6 Å². The number of urea groups is 1. The molecule has 0 aromatic heterocycles. The molecule has 8 heteroatoms. The van der Waals surface area contributed by atoms with Gasteiger partial charge in [-0.1, -0.05) is 31.2 Å². The first-order valence-corrected chi connectivity index (χ1v) is 10.0. The molecule has 2 aromatic carbocycles. The highest BCUT2D eigenvalue weighted by Gasteiger charge is 2.40. The topological polar surface area (TPSA) is 81.8 Å². The number of amides is 4. The van der Waals surface area contributed by atoms with Crippen LogP contribution in [0.4, 0.5) is 14.9 Å². The third-order valence-electron chi connectivity index (χ3n) is 5.45. The predicted molar refractivity (Wildman–Crippen MR) is 111 cm³/mol. The molecule has 2 N–H and O–H groups in total. The van der Waals surface area contributed by atoms with Crippen molar-refractivity contribution in [1.29, 1.82) is 0 Å². The van der Waals surface area contributed by atoms with E-state index >= 15 is 0 Å². The molecule has 2 aromatic rings. The molecule has 2 aliphatic rings. The standard InChI is InChI=1S/C22H23FN4O3/c1-2-9-24-22(30)26-10-11-27-19(13-26)20(28)25-18-8-7-14(12-16(18)21(27)29)15-5-3-4-6-17(15)23/h3-8,12,19H,2,9-11,13H2,1H3,(H,24,30)(H,25,28). The second kappa shape index (κ2) is 8.14. The number of rotatable bonds is 3. The summed E-state index contributed by atoms with van der Waals surface area (Å²) in [5.74, 6) is -1.03. The van der Waals surface area contributed by atoms with E-state index in [1.165, 1.54) is 11.0 Å². The third kappa shape index (κ3) is 3.60. The molecule has 1 unspecified atom stereocenters. The zero-order chi connectivity index (χ0) is 21.3. The van der Waals surface area contributed by atoms with Gasteiger partial charge < -0.3 is 20.4 Å². The Bertz CT molecular complexity index is 1010. The minimum atomic E-state index is -0.775. The van der Waals surface area contributed by atoms with Crippen molar-refractivity contribution in [3.63, 3.8) is 0 Å². The molecule has 1 atom stereocenters. The Morgan fingerprint density at radius 3 is 2.73 bits per heavy atom. The zero-order valence-corrected chi connectivity index (χ0v) is 16.7. The Kier molecular flexibility index (Phi) is 5.39. The first-order chi connectivity index (χ1) is 14.5. The van der Waals surface area contributed by atoms with E-state index in [0.717, 1.165) is 6.42 Å². The van der Waals surface area contributed by atoms with Crippen LogP contribution in [0, 0.1) is 5.82 Å². The average Bonchev–Trinajstić information content (AvgIpc) is 2.86. The number of fused-ring (bicyclic) bond motifs is 2. The van der Waals surface area contributed by atoms with Gasteiger partial charge in [-0.3, -0.25) is 9.59 Å². The highest BCUT2D eigenvalue weighted by Crippen LogP contribution is 2.31. The van der Waals surface area contributed by atoms with E-state index in [4.69, 9.17) is 0 Å². The lowest BCUT2D eigenvalue weighted by Crippen LogP contribution is -2.60. The van der Waals surface area contributed by atoms with E-state index in [-0.39, 0.29) is 36.8 Å². The molecule has 7 nitrogen and oxygen atoms in total. The normalized spacial score (nSPS) is 18.3. The number of carbonyl (C=O) groups excluding carboxylic acids is 3. The van der Waals surface area contributed by atoms with E-state index in [1.54, 1.807) is 41.3 Å². The van der Waals surface area contributed by atoms with Crippen LogP contribution in [0.1, 0.15) is 23.7 Å². The van der Waals surface area contributed by atoms with Gasteiger partial charge in [0.05, 0.1) is 17.8 Å². The molecule has 156 valence electrons. The molecule has 1 saturated heterocycles. The molecule has 0 radical (unpaired) electrons. The van der Waals surface area contributed by atoms with Gasteiger partial charge in [0, 0.05) is 25.2 Å². The van der Waals surface area contributed by atoms with Crippen LogP contribution in [0.25, 0.3) is 11.1 Å². The summed E-state index contributed by atoms with van der Waals surface area (Å²) in [4.78, 5) is 41.4. The number of piperazine rings is 1. The first kappa shape index (κ1) is 19.9. The lowest BCUT2D eigenvalue weighted by Gasteiger charge is -2.39. The number of anilines is 1. The molecular weight excluding hydrogens is 387 g/mol. The van der Waals surface area contributed by atoms with Crippen LogP contribution < -0.4 is 10.6 Å². The minimum Gasteiger partial charge on any atom is -0.338 e. The molecule has 0 spiro atoms. The van der Waals surface area contributed by atoms with Gasteiger partial charge in [0.1, 0.15) is 11.9 Å². The number of hydrogen-bond acceptors (Lipinski definition) is 3. The molecule has 0 saturated carbocycles. The van der Waals surface area contributed by atoms with Crippen molar-refractivity contribution < 1.29 is 18.8 Å². The van der Waals surface area contributed by atoms with Gasteiger partial charge in [-0.2, -0.15) is 0 Å². The number of hydrogen-bond donors (Lipinski definition) is 2. The van der Waals surface area contributed by atoms with Gasteiger partial charge in [0.2, 0.25) is 5.91 Å². The van der Waals surface area contributed by atoms with Crippen molar-refractivity contribution >= 4 is 23.5 Å². The van der Waals surface area contributed by atoms with Crippen molar-refractivity contribution in [2.24, 2.45) is 0 Å². The zero-order valence-electron chi connectivity index (χ0n) is 16.7. The number of benzene rings is 2. The fraction of sp³-hybridized carbons (Fsp3) is 0.318. The Morgan fingerprint density at radius 2 is 1.97 bits per heavy atom. The van der Waals surface area contributed by atoms with Crippen molar-refractivity contribution in [2.45, 2.75) is 19.4 Å². The molecule has 1 fully saturated rings. The van der Waals surface area contributed by atoms with Gasteiger partial charge in [0.25, 0.3) is 5.91 Å². The van der Waals surface area contributed by atoms with Crippen molar-refractivity contribution in [2.75, 3.05) is 31.5 Å². The quantitative estimate of drug-likeness (QED) is 0.816. The maximum atomic E-state index is 14.2. The highest BCUT2D eigenvalue weighted by molar-refractivity contribution is 6.10. The maximum Gasteiger partial charge on any atom is 0.317 e. The summed E-state index contributed by atoms with van der Waals surface area (Å²) < 4.78 is 14.2. The van der Waals surface area contributed by atoms with Gasteiger partial charge in [0.15, 0.2) is 0 Å². The molecule has 2 heterocycles. The van der Waals surface area contributed by atoms with Crippen LogP contribution in [0.5, 0.6) is 0 Å². The van der Waals surface area contributed by atoms with Gasteiger partial charge in [-0.05, 0) is 30.2 Å². The largest absolute Gasteiger partial charge is 0.338 e. The molecule has 4 rings (SSSR count). The van der Waals surface area contributed by atoms with E-state index in [1.807, 2.05) is 6.92 Å². The predicted octanol–water partition coefficient (Wildman–Crippen LogP) is 2.69. The van der Waals surface area contributed by atoms with Crippen LogP contribution in [-0.2, 0) is 4.79 Å². The lowest BCUT2D eigenvalue weighted by molar-refractivity contribution is -0.121. The van der Waals surface area contributed by atoms with Crippen molar-refractivity contribution in [1.82, 2.24) is 15.1 Å². The molecule has 0 aliphatic carbocycles. The SMILES string of the molecule is CCCNC(=O)N1CCN2C(=O)c3cc(-c4ccccc4F)ccc3NC(=O)C2C1. The van der Waals surface area contributed by atoms with E-state index < -0.39 is 6.04 Å². The Hall–Kier alpha value is -3.42. The Morgan fingerprint density at radius 1 is 1.17 bits per heavy atom. The summed E-state index contributed by atoms with van der Waals surface area (Å²) >= 11 is 0. The monoisotopic (exact) mass is 410 g/mol. The Balaban J connectivity index is 1.62. The van der Waals surface area contributed by atoms with E-state index in [0.29, 0.717) is 35.5 Å². The fourth-order valence-electron chi connectivity index (χ4n) is 3.84. The summed E-state index contributed by atoms with van der Waals surface area (Å²) in [6.07, 6.45) is 0.813. The maximum absolute atomic E-state index is 14.2. The fourth-order valence-corrected chi connectivity index (χ4v) is 3.84. The number of halogens is 1. The van der Waals surface area contributed by atoms with Crippen molar-refractivity contribution in [3.8, 4) is 11.1 Å². The molecule has 4 amide bonds. The molecule has 0 bridgehead atoms. The van der Waals surface area contributed by atoms with Crippen LogP contribution in [-0.4, -0.2) is 59.9 Å². The Labute approximate surface area is 173 Å².